The van der Waals surface area contributed by atoms with Gasteiger partial charge in [0.15, 0.2) is 5.41 Å². The second-order valence-corrected chi connectivity index (χ2v) is 9.65. The number of aliphatic carboxylic acids is 2. The minimum absolute atomic E-state index is 0.0850. The summed E-state index contributed by atoms with van der Waals surface area (Å²) in [6.07, 6.45) is 8.41. The first-order chi connectivity index (χ1) is 14.0. The summed E-state index contributed by atoms with van der Waals surface area (Å²) in [5.74, 6) is -2.40. The number of hydrogen-bond acceptors (Lipinski definition) is 3. The number of phenolic OH excluding ortho intramolecular Hbond substituents is 1. The molecule has 0 radical (unpaired) electrons. The van der Waals surface area contributed by atoms with E-state index in [9.17, 15) is 24.9 Å². The van der Waals surface area contributed by atoms with Crippen molar-refractivity contribution >= 4 is 11.9 Å². The van der Waals surface area contributed by atoms with Gasteiger partial charge >= 0.3 is 11.9 Å². The van der Waals surface area contributed by atoms with Crippen molar-refractivity contribution in [2.24, 2.45) is 5.41 Å². The minimum Gasteiger partial charge on any atom is -0.507 e. The molecule has 0 aromatic heterocycles. The molecule has 30 heavy (non-hydrogen) atoms. The van der Waals surface area contributed by atoms with Crippen molar-refractivity contribution in [1.29, 1.82) is 0 Å². The van der Waals surface area contributed by atoms with Gasteiger partial charge in [0.05, 0.1) is 0 Å². The van der Waals surface area contributed by atoms with Crippen LogP contribution < -0.4 is 0 Å². The molecule has 0 saturated carbocycles. The number of hydrogen-bond donors (Lipinski definition) is 3. The van der Waals surface area contributed by atoms with E-state index in [1.165, 1.54) is 25.7 Å². The lowest BCUT2D eigenvalue weighted by atomic mass is 9.75. The highest BCUT2D eigenvalue weighted by molar-refractivity contribution is 5.98. The molecule has 1 aromatic rings. The zero-order valence-electron chi connectivity index (χ0n) is 19.4. The summed E-state index contributed by atoms with van der Waals surface area (Å²) in [5, 5.41) is 30.2. The number of phenols is 1. The van der Waals surface area contributed by atoms with Gasteiger partial charge in [0.1, 0.15) is 5.75 Å². The molecule has 0 spiro atoms. The van der Waals surface area contributed by atoms with Gasteiger partial charge in [-0.05, 0) is 41.9 Å². The molecule has 0 aliphatic carbocycles. The third-order valence-corrected chi connectivity index (χ3v) is 5.95. The molecular weight excluding hydrogens is 380 g/mol. The predicted octanol–water partition coefficient (Wildman–Crippen LogP) is 6.23. The Labute approximate surface area is 181 Å². The van der Waals surface area contributed by atoms with Crippen LogP contribution in [0.25, 0.3) is 0 Å². The number of carboxylic acid groups (broad SMARTS) is 2. The van der Waals surface area contributed by atoms with Crippen molar-refractivity contribution < 1.29 is 24.9 Å². The average Bonchev–Trinajstić information content (AvgIpc) is 2.64. The molecular formula is C25H40O5. The molecule has 0 bridgehead atoms. The van der Waals surface area contributed by atoms with Gasteiger partial charge in [-0.1, -0.05) is 91.2 Å². The Kier molecular flexibility index (Phi) is 9.86. The third-order valence-electron chi connectivity index (χ3n) is 5.95. The second kappa shape index (κ2) is 11.4. The normalized spacial score (nSPS) is 12.2. The maximum absolute atomic E-state index is 12.1. The molecule has 5 heteroatoms. The summed E-state index contributed by atoms with van der Waals surface area (Å²) in [7, 11) is 0. The van der Waals surface area contributed by atoms with E-state index >= 15 is 0 Å². The van der Waals surface area contributed by atoms with Gasteiger partial charge < -0.3 is 15.3 Å². The monoisotopic (exact) mass is 420 g/mol. The van der Waals surface area contributed by atoms with E-state index in [-0.39, 0.29) is 24.0 Å². The zero-order valence-corrected chi connectivity index (χ0v) is 19.4. The van der Waals surface area contributed by atoms with Gasteiger partial charge in [0, 0.05) is 0 Å². The van der Waals surface area contributed by atoms with Crippen molar-refractivity contribution in [1.82, 2.24) is 0 Å². The molecule has 5 nitrogen and oxygen atoms in total. The number of benzene rings is 1. The van der Waals surface area contributed by atoms with Crippen LogP contribution >= 0.6 is 0 Å². The molecule has 0 saturated heterocycles. The quantitative estimate of drug-likeness (QED) is 0.260. The molecule has 3 N–H and O–H groups in total. The maximum Gasteiger partial charge on any atom is 0.321 e. The highest BCUT2D eigenvalue weighted by Gasteiger charge is 2.46. The van der Waals surface area contributed by atoms with E-state index in [4.69, 9.17) is 0 Å². The summed E-state index contributed by atoms with van der Waals surface area (Å²) in [5.41, 5.74) is -0.207. The van der Waals surface area contributed by atoms with E-state index in [0.717, 1.165) is 19.3 Å². The summed E-state index contributed by atoms with van der Waals surface area (Å²) in [6.45, 7) is 9.83. The number of carbonyl (C=O) groups is 2. The topological polar surface area (TPSA) is 94.8 Å². The van der Waals surface area contributed by atoms with E-state index in [1.807, 2.05) is 20.8 Å². The fourth-order valence-electron chi connectivity index (χ4n) is 3.98. The molecule has 0 heterocycles. The predicted molar refractivity (Wildman–Crippen MR) is 120 cm³/mol. The molecule has 1 rings (SSSR count). The summed E-state index contributed by atoms with van der Waals surface area (Å²) < 4.78 is 0. The third kappa shape index (κ3) is 7.03. The highest BCUT2D eigenvalue weighted by Crippen LogP contribution is 2.37. The van der Waals surface area contributed by atoms with Crippen molar-refractivity contribution in [3.8, 4) is 5.75 Å². The molecule has 0 fully saturated rings. The average molecular weight is 421 g/mol. The molecule has 0 aliphatic rings. The Morgan fingerprint density at radius 1 is 0.867 bits per heavy atom. The molecule has 170 valence electrons. The number of carboxylic acids is 2. The summed E-state index contributed by atoms with van der Waals surface area (Å²) >= 11 is 0. The van der Waals surface area contributed by atoms with Gasteiger partial charge in [-0.3, -0.25) is 9.59 Å². The molecule has 0 atom stereocenters. The fourth-order valence-corrected chi connectivity index (χ4v) is 3.98. The number of aryl methyl sites for hydroxylation is 1. The van der Waals surface area contributed by atoms with Crippen LogP contribution in [0.4, 0.5) is 0 Å². The molecule has 0 unspecified atom stereocenters. The maximum atomic E-state index is 12.1. The Hall–Kier alpha value is -2.04. The molecule has 0 aliphatic heterocycles. The lowest BCUT2D eigenvalue weighted by Gasteiger charge is -2.27. The van der Waals surface area contributed by atoms with Crippen molar-refractivity contribution in [2.45, 2.75) is 104 Å². The van der Waals surface area contributed by atoms with Crippen molar-refractivity contribution in [2.75, 3.05) is 0 Å². The van der Waals surface area contributed by atoms with Crippen LogP contribution in [0.15, 0.2) is 12.1 Å². The summed E-state index contributed by atoms with van der Waals surface area (Å²) in [6, 6.07) is 3.47. The Bertz CT molecular complexity index is 701. The lowest BCUT2D eigenvalue weighted by Crippen LogP contribution is -2.41. The summed E-state index contributed by atoms with van der Waals surface area (Å²) in [4.78, 5) is 24.2. The van der Waals surface area contributed by atoms with Gasteiger partial charge in [-0.2, -0.15) is 0 Å². The Morgan fingerprint density at radius 2 is 1.37 bits per heavy atom. The Morgan fingerprint density at radius 3 is 1.83 bits per heavy atom. The number of unbranched alkanes of at least 4 members (excludes halogenated alkanes) is 7. The van der Waals surface area contributed by atoms with E-state index in [0.29, 0.717) is 23.1 Å². The van der Waals surface area contributed by atoms with Gasteiger partial charge in [-0.15, -0.1) is 0 Å². The highest BCUT2D eigenvalue weighted by atomic mass is 16.4. The van der Waals surface area contributed by atoms with Gasteiger partial charge in [0.25, 0.3) is 0 Å². The first-order valence-electron chi connectivity index (χ1n) is 11.3. The van der Waals surface area contributed by atoms with Crippen LogP contribution in [0.5, 0.6) is 5.75 Å². The van der Waals surface area contributed by atoms with Crippen LogP contribution in [0.2, 0.25) is 0 Å². The largest absolute Gasteiger partial charge is 0.507 e. The first-order valence-corrected chi connectivity index (χ1v) is 11.3. The van der Waals surface area contributed by atoms with E-state index in [2.05, 4.69) is 6.92 Å². The molecule has 0 amide bonds. The van der Waals surface area contributed by atoms with Crippen molar-refractivity contribution in [3.63, 3.8) is 0 Å². The van der Waals surface area contributed by atoms with Crippen LogP contribution in [-0.2, 0) is 21.4 Å². The van der Waals surface area contributed by atoms with Gasteiger partial charge in [-0.25, -0.2) is 0 Å². The zero-order chi connectivity index (χ0) is 22.9. The van der Waals surface area contributed by atoms with Crippen LogP contribution in [0.1, 0.15) is 102 Å². The van der Waals surface area contributed by atoms with Gasteiger partial charge in [0.2, 0.25) is 0 Å². The van der Waals surface area contributed by atoms with E-state index in [1.54, 1.807) is 19.1 Å². The SMILES string of the molecule is CCCCCCCCCCC(Cc1cc(C)c(O)c(C(C)(C)C)c1)(C(=O)O)C(=O)O. The first kappa shape index (κ1) is 26.0. The van der Waals surface area contributed by atoms with Crippen LogP contribution in [0.3, 0.4) is 0 Å². The Balaban J connectivity index is 2.96. The van der Waals surface area contributed by atoms with Crippen molar-refractivity contribution in [3.05, 3.63) is 28.8 Å². The van der Waals surface area contributed by atoms with Crippen LogP contribution in [0, 0.1) is 12.3 Å². The number of rotatable bonds is 13. The smallest absolute Gasteiger partial charge is 0.321 e. The number of aromatic hydroxyl groups is 1. The minimum atomic E-state index is -1.85. The molecule has 1 aromatic carbocycles. The standard InChI is InChI=1S/C25H40O5/c1-6-7-8-9-10-11-12-13-14-25(22(27)28,23(29)30)17-19-15-18(2)21(26)20(16-19)24(3,4)5/h15-16,26H,6-14,17H2,1-5H3,(H,27,28)(H,29,30). The fraction of sp³-hybridized carbons (Fsp3) is 0.680. The lowest BCUT2D eigenvalue weighted by molar-refractivity contribution is -0.165. The van der Waals surface area contributed by atoms with E-state index < -0.39 is 17.4 Å². The van der Waals surface area contributed by atoms with Crippen LogP contribution in [-0.4, -0.2) is 27.3 Å². The second-order valence-electron chi connectivity index (χ2n) is 9.65.